The Labute approximate surface area is 352 Å². The zero-order valence-electron chi connectivity index (χ0n) is 37.5. The van der Waals surface area contributed by atoms with Crippen molar-refractivity contribution in [2.45, 2.75) is 82.2 Å². The summed E-state index contributed by atoms with van der Waals surface area (Å²) in [5.74, 6) is 0. The zero-order chi connectivity index (χ0) is 43.2. The number of ether oxygens (including phenoxy) is 7. The summed E-state index contributed by atoms with van der Waals surface area (Å²) in [5, 5.41) is 0. The molecular weight excluding hydrogens is 837 g/mol. The van der Waals surface area contributed by atoms with Gasteiger partial charge in [0.15, 0.2) is 0 Å². The fraction of sp³-hybridized carbons (Fsp3) is 1.00. The van der Waals surface area contributed by atoms with Crippen LogP contribution in [-0.4, -0.2) is 210 Å². The van der Waals surface area contributed by atoms with Crippen LogP contribution in [0, 0.1) is 0 Å². The van der Waals surface area contributed by atoms with Crippen LogP contribution in [0.5, 0.6) is 0 Å². The summed E-state index contributed by atoms with van der Waals surface area (Å²) in [6.45, 7) is 15.2. The molecule has 4 fully saturated rings. The normalized spacial score (nSPS) is 20.9. The van der Waals surface area contributed by atoms with Gasteiger partial charge in [0, 0.05) is 121 Å². The van der Waals surface area contributed by atoms with Crippen LogP contribution in [0.25, 0.3) is 0 Å². The van der Waals surface area contributed by atoms with Crippen molar-refractivity contribution in [3.05, 3.63) is 0 Å². The van der Waals surface area contributed by atoms with E-state index in [0.717, 1.165) is 57.4 Å². The maximum atomic E-state index is 5.76. The van der Waals surface area contributed by atoms with Crippen molar-refractivity contribution >= 4 is 35.2 Å². The highest BCUT2D eigenvalue weighted by atomic mass is 28.4. The van der Waals surface area contributed by atoms with Gasteiger partial charge in [-0.15, -0.1) is 0 Å². The molecule has 0 aromatic heterocycles. The van der Waals surface area contributed by atoms with Crippen molar-refractivity contribution in [2.24, 2.45) is 0 Å². The lowest BCUT2D eigenvalue weighted by Crippen LogP contribution is -2.46. The van der Waals surface area contributed by atoms with E-state index in [1.54, 1.807) is 64.0 Å². The summed E-state index contributed by atoms with van der Waals surface area (Å²) in [6, 6.07) is 3.02. The largest absolute Gasteiger partial charge is 0.502 e. The molecule has 0 aromatic carbocycles. The summed E-state index contributed by atoms with van der Waals surface area (Å²) in [5.41, 5.74) is 0. The van der Waals surface area contributed by atoms with Gasteiger partial charge in [-0.2, -0.15) is 0 Å². The quantitative estimate of drug-likeness (QED) is 0.0520. The summed E-state index contributed by atoms with van der Waals surface area (Å²) in [4.78, 5) is 0. The summed E-state index contributed by atoms with van der Waals surface area (Å²) in [7, 11) is 4.87. The molecule has 0 aromatic rings. The van der Waals surface area contributed by atoms with Crippen LogP contribution in [0.4, 0.5) is 0 Å². The Morgan fingerprint density at radius 1 is 0.379 bits per heavy atom. The van der Waals surface area contributed by atoms with Gasteiger partial charge in [-0.3, -0.25) is 0 Å². The summed E-state index contributed by atoms with van der Waals surface area (Å²) < 4.78 is 101. The zero-order valence-corrected chi connectivity index (χ0v) is 41.5. The molecule has 4 aliphatic rings. The van der Waals surface area contributed by atoms with Gasteiger partial charge < -0.3 is 86.3 Å². The van der Waals surface area contributed by atoms with Gasteiger partial charge >= 0.3 is 35.2 Å². The van der Waals surface area contributed by atoms with E-state index in [1.165, 1.54) is 0 Å². The topological polar surface area (TPSA) is 189 Å². The lowest BCUT2D eigenvalue weighted by Gasteiger charge is -2.28. The van der Waals surface area contributed by atoms with Crippen LogP contribution in [-0.2, 0) is 86.3 Å². The highest BCUT2D eigenvalue weighted by molar-refractivity contribution is 6.61. The molecule has 4 saturated heterocycles. The molecule has 348 valence electrons. The minimum absolute atomic E-state index is 0.293. The SMILES string of the molecule is CCO[Si](CCCOCC1CO1)(OCC)OCC.CO[Si](CC1CO1)(OC)OC.CO[Si](CCCOCC1CO1)(OC)OC.CO[Si](CCOCC1CO1)(OC)OC. The second-order valence-electron chi connectivity index (χ2n) is 13.1. The van der Waals surface area contributed by atoms with Gasteiger partial charge in [-0.25, -0.2) is 0 Å². The molecule has 19 nitrogen and oxygen atoms in total. The molecule has 23 heteroatoms. The fourth-order valence-electron chi connectivity index (χ4n) is 5.19. The Morgan fingerprint density at radius 3 is 0.966 bits per heavy atom. The minimum atomic E-state index is -2.47. The van der Waals surface area contributed by atoms with Crippen molar-refractivity contribution in [2.75, 3.05) is 150 Å². The molecule has 0 aliphatic carbocycles. The number of rotatable bonds is 34. The maximum Gasteiger partial charge on any atom is 0.502 e. The minimum Gasteiger partial charge on any atom is -0.379 e. The van der Waals surface area contributed by atoms with Crippen LogP contribution < -0.4 is 0 Å². The average molecular weight is 915 g/mol. The number of epoxide rings is 4. The molecule has 0 N–H and O–H groups in total. The Balaban J connectivity index is 0.000000392. The van der Waals surface area contributed by atoms with Gasteiger partial charge in [0.05, 0.1) is 59.0 Å². The first-order valence-electron chi connectivity index (χ1n) is 20.1. The van der Waals surface area contributed by atoms with Crippen LogP contribution in [0.3, 0.4) is 0 Å². The number of hydrogen-bond acceptors (Lipinski definition) is 19. The Kier molecular flexibility index (Phi) is 31.7. The highest BCUT2D eigenvalue weighted by Gasteiger charge is 2.45. The van der Waals surface area contributed by atoms with Crippen molar-refractivity contribution in [1.82, 2.24) is 0 Å². The fourth-order valence-corrected chi connectivity index (χ4v) is 12.8. The van der Waals surface area contributed by atoms with E-state index in [1.807, 2.05) is 20.8 Å². The average Bonchev–Trinajstić information content (AvgIpc) is 4.04. The highest BCUT2D eigenvalue weighted by Crippen LogP contribution is 2.24. The van der Waals surface area contributed by atoms with Crippen LogP contribution in [0.1, 0.15) is 33.6 Å². The number of hydrogen-bond donors (Lipinski definition) is 0. The molecular formula is C35H78O19Si4. The smallest absolute Gasteiger partial charge is 0.379 e. The third kappa shape index (κ3) is 25.3. The second kappa shape index (κ2) is 32.7. The van der Waals surface area contributed by atoms with E-state index >= 15 is 0 Å². The van der Waals surface area contributed by atoms with E-state index in [2.05, 4.69) is 0 Å². The van der Waals surface area contributed by atoms with E-state index in [0.29, 0.717) is 89.9 Å². The molecule has 4 aliphatic heterocycles. The molecule has 0 radical (unpaired) electrons. The van der Waals surface area contributed by atoms with Gasteiger partial charge in [0.1, 0.15) is 18.3 Å². The molecule has 0 bridgehead atoms. The predicted molar refractivity (Wildman–Crippen MR) is 221 cm³/mol. The first kappa shape index (κ1) is 56.1. The van der Waals surface area contributed by atoms with Gasteiger partial charge in [0.25, 0.3) is 0 Å². The van der Waals surface area contributed by atoms with Gasteiger partial charge in [-0.1, -0.05) is 0 Å². The van der Waals surface area contributed by atoms with Crippen molar-refractivity contribution < 1.29 is 86.3 Å². The first-order valence-corrected chi connectivity index (χ1v) is 27.8. The van der Waals surface area contributed by atoms with Crippen LogP contribution >= 0.6 is 0 Å². The third-order valence-corrected chi connectivity index (χ3v) is 20.5. The first-order chi connectivity index (χ1) is 28.0. The van der Waals surface area contributed by atoms with E-state index < -0.39 is 35.2 Å². The molecule has 0 saturated carbocycles. The Bertz CT molecular complexity index is 913. The monoisotopic (exact) mass is 914 g/mol. The standard InChI is InChI=1S/C12H26O5Si.C9H20O5Si.C8H18O5Si.C6H14O4Si/c1-4-15-18(16-5-2,17-6-3)9-7-8-13-10-12-11-14-12;1-10-15(11-2,12-3)6-4-5-13-7-9-8-14-9;1-9-14(10-2,11-3)5-4-12-6-8-7-13-8;1-7-11(8-2,9-3)5-6-4-10-6/h12H,4-11H2,1-3H3;9H,4-8H2,1-3H3;8H,4-7H2,1-3H3;6H,4-5H2,1-3H3. The van der Waals surface area contributed by atoms with Crippen molar-refractivity contribution in [3.8, 4) is 0 Å². The molecule has 4 unspecified atom stereocenters. The van der Waals surface area contributed by atoms with Crippen LogP contribution in [0.15, 0.2) is 0 Å². The Morgan fingerprint density at radius 2 is 0.672 bits per heavy atom. The summed E-state index contributed by atoms with van der Waals surface area (Å²) in [6.07, 6.45) is 3.05. The molecule has 4 heterocycles. The molecule has 0 spiro atoms. The van der Waals surface area contributed by atoms with E-state index in [-0.39, 0.29) is 0 Å². The Hall–Kier alpha value is 0.108. The van der Waals surface area contributed by atoms with Gasteiger partial charge in [-0.05, 0) is 33.6 Å². The second-order valence-corrected chi connectivity index (χ2v) is 25.0. The van der Waals surface area contributed by atoms with Gasteiger partial charge in [0.2, 0.25) is 0 Å². The van der Waals surface area contributed by atoms with E-state index in [4.69, 9.17) is 86.3 Å². The van der Waals surface area contributed by atoms with Crippen molar-refractivity contribution in [3.63, 3.8) is 0 Å². The predicted octanol–water partition coefficient (Wildman–Crippen LogP) is 3.05. The molecule has 0 amide bonds. The maximum absolute atomic E-state index is 5.76. The molecule has 4 rings (SSSR count). The van der Waals surface area contributed by atoms with Crippen molar-refractivity contribution in [1.29, 1.82) is 0 Å². The third-order valence-electron chi connectivity index (χ3n) is 8.99. The lowest BCUT2D eigenvalue weighted by atomic mass is 10.5. The summed E-state index contributed by atoms with van der Waals surface area (Å²) >= 11 is 0. The van der Waals surface area contributed by atoms with E-state index in [9.17, 15) is 0 Å². The lowest BCUT2D eigenvalue weighted by molar-refractivity contribution is 0.0648. The van der Waals surface area contributed by atoms with Crippen LogP contribution in [0.2, 0.25) is 24.2 Å². The molecule has 4 atom stereocenters. The molecule has 58 heavy (non-hydrogen) atoms.